The zero-order valence-corrected chi connectivity index (χ0v) is 12.9. The van der Waals surface area contributed by atoms with Gasteiger partial charge in [-0.2, -0.15) is 0 Å². The summed E-state index contributed by atoms with van der Waals surface area (Å²) in [4.78, 5) is 11.9. The molecular weight excluding hydrogens is 302 g/mol. The van der Waals surface area contributed by atoms with E-state index in [1.807, 2.05) is 60.7 Å². The Hall–Kier alpha value is -3.41. The Morgan fingerprint density at radius 1 is 0.750 bits per heavy atom. The van der Waals surface area contributed by atoms with E-state index in [1.54, 1.807) is 12.1 Å². The van der Waals surface area contributed by atoms with Gasteiger partial charge in [0, 0.05) is 12.2 Å². The van der Waals surface area contributed by atoms with Crippen LogP contribution in [-0.4, -0.2) is 16.2 Å². The normalized spacial score (nSPS) is 10.0. The Kier molecular flexibility index (Phi) is 4.99. The summed E-state index contributed by atoms with van der Waals surface area (Å²) in [5, 5.41) is 16.6. The van der Waals surface area contributed by atoms with Crippen LogP contribution in [-0.2, 0) is 6.54 Å². The number of aromatic nitrogens is 2. The number of hydrogen-bond donors (Lipinski definition) is 3. The summed E-state index contributed by atoms with van der Waals surface area (Å²) in [5.41, 5.74) is 1.87. The molecule has 3 aromatic rings. The molecule has 0 radical (unpaired) electrons. The molecule has 1 heterocycles. The van der Waals surface area contributed by atoms with Gasteiger partial charge in [0.2, 0.25) is 0 Å². The molecule has 24 heavy (non-hydrogen) atoms. The van der Waals surface area contributed by atoms with Crippen LogP contribution in [0.2, 0.25) is 0 Å². The Labute approximate surface area is 139 Å². The summed E-state index contributed by atoms with van der Waals surface area (Å²) in [5.74, 6) is 1.03. The van der Waals surface area contributed by atoms with Gasteiger partial charge in [-0.05, 0) is 29.8 Å². The number of carbonyl (C=O) groups is 1. The fourth-order valence-corrected chi connectivity index (χ4v) is 2.08. The van der Waals surface area contributed by atoms with Gasteiger partial charge in [-0.15, -0.1) is 10.2 Å². The third-order valence-corrected chi connectivity index (χ3v) is 3.25. The first-order valence-electron chi connectivity index (χ1n) is 7.54. The Balaban J connectivity index is 1.51. The highest BCUT2D eigenvalue weighted by molar-refractivity contribution is 5.99. The number of hydrogen-bond acceptors (Lipinski definition) is 4. The minimum atomic E-state index is -0.361. The maximum Gasteiger partial charge on any atom is 0.324 e. The average molecular weight is 319 g/mol. The van der Waals surface area contributed by atoms with Crippen LogP contribution >= 0.6 is 0 Å². The van der Waals surface area contributed by atoms with Crippen molar-refractivity contribution in [1.82, 2.24) is 10.2 Å². The quantitative estimate of drug-likeness (QED) is 0.669. The third-order valence-electron chi connectivity index (χ3n) is 3.25. The molecule has 0 aliphatic carbocycles. The molecule has 0 aliphatic rings. The lowest BCUT2D eigenvalue weighted by molar-refractivity contribution is 0.262. The molecule has 6 nitrogen and oxygen atoms in total. The van der Waals surface area contributed by atoms with Crippen molar-refractivity contribution in [3.8, 4) is 0 Å². The number of carbonyl (C=O) groups excluding carboxylic acids is 1. The summed E-state index contributed by atoms with van der Waals surface area (Å²) in [7, 11) is 0. The minimum absolute atomic E-state index is 0.361. The second-order valence-electron chi connectivity index (χ2n) is 5.09. The van der Waals surface area contributed by atoms with E-state index in [-0.39, 0.29) is 6.03 Å². The number of anilines is 3. The number of para-hydroxylation sites is 1. The third kappa shape index (κ3) is 4.54. The molecule has 6 heteroatoms. The van der Waals surface area contributed by atoms with Crippen molar-refractivity contribution in [2.24, 2.45) is 0 Å². The molecule has 0 unspecified atom stereocenters. The fourth-order valence-electron chi connectivity index (χ4n) is 2.08. The summed E-state index contributed by atoms with van der Waals surface area (Å²) >= 11 is 0. The van der Waals surface area contributed by atoms with Gasteiger partial charge in [0.05, 0.1) is 0 Å². The van der Waals surface area contributed by atoms with E-state index >= 15 is 0 Å². The van der Waals surface area contributed by atoms with E-state index in [4.69, 9.17) is 0 Å². The Morgan fingerprint density at radius 2 is 1.38 bits per heavy atom. The van der Waals surface area contributed by atoms with Gasteiger partial charge in [0.15, 0.2) is 5.82 Å². The molecule has 0 saturated heterocycles. The van der Waals surface area contributed by atoms with E-state index < -0.39 is 0 Å². The largest absolute Gasteiger partial charge is 0.365 e. The molecule has 2 amide bonds. The Morgan fingerprint density at radius 3 is 2.04 bits per heavy atom. The monoisotopic (exact) mass is 319 g/mol. The fraction of sp³-hybridized carbons (Fsp3) is 0.0556. The van der Waals surface area contributed by atoms with Crippen molar-refractivity contribution < 1.29 is 4.79 Å². The van der Waals surface area contributed by atoms with Crippen molar-refractivity contribution in [1.29, 1.82) is 0 Å². The van der Waals surface area contributed by atoms with Gasteiger partial charge < -0.3 is 10.6 Å². The average Bonchev–Trinajstić information content (AvgIpc) is 2.63. The highest BCUT2D eigenvalue weighted by atomic mass is 16.2. The van der Waals surface area contributed by atoms with Crippen LogP contribution < -0.4 is 16.0 Å². The highest BCUT2D eigenvalue weighted by Crippen LogP contribution is 2.10. The van der Waals surface area contributed by atoms with Gasteiger partial charge in [0.1, 0.15) is 5.82 Å². The van der Waals surface area contributed by atoms with Crippen molar-refractivity contribution >= 4 is 23.4 Å². The summed E-state index contributed by atoms with van der Waals surface area (Å²) in [6.45, 7) is 0.663. The van der Waals surface area contributed by atoms with Gasteiger partial charge in [0.25, 0.3) is 0 Å². The molecule has 2 aromatic carbocycles. The van der Waals surface area contributed by atoms with Gasteiger partial charge in [-0.3, -0.25) is 5.32 Å². The molecule has 3 rings (SSSR count). The van der Waals surface area contributed by atoms with Crippen LogP contribution in [0, 0.1) is 0 Å². The van der Waals surface area contributed by atoms with Crippen LogP contribution in [0.3, 0.4) is 0 Å². The first-order valence-corrected chi connectivity index (χ1v) is 7.54. The molecule has 1 aromatic heterocycles. The first-order chi connectivity index (χ1) is 11.8. The zero-order chi connectivity index (χ0) is 16.6. The van der Waals surface area contributed by atoms with E-state index in [0.717, 1.165) is 5.56 Å². The van der Waals surface area contributed by atoms with E-state index in [2.05, 4.69) is 26.1 Å². The van der Waals surface area contributed by atoms with Crippen LogP contribution in [0.25, 0.3) is 0 Å². The molecule has 0 bridgehead atoms. The zero-order valence-electron chi connectivity index (χ0n) is 12.9. The molecule has 0 atom stereocenters. The van der Waals surface area contributed by atoms with Gasteiger partial charge in [-0.1, -0.05) is 48.5 Å². The molecular formula is C18H17N5O. The molecule has 3 N–H and O–H groups in total. The Bertz CT molecular complexity index is 776. The smallest absolute Gasteiger partial charge is 0.324 e. The van der Waals surface area contributed by atoms with E-state index in [1.165, 1.54) is 0 Å². The summed E-state index contributed by atoms with van der Waals surface area (Å²) in [6, 6.07) is 22.3. The van der Waals surface area contributed by atoms with Crippen LogP contribution in [0.4, 0.5) is 22.1 Å². The van der Waals surface area contributed by atoms with Crippen molar-refractivity contribution in [2.75, 3.05) is 16.0 Å². The molecule has 0 spiro atoms. The second kappa shape index (κ2) is 7.73. The van der Waals surface area contributed by atoms with Crippen molar-refractivity contribution in [3.05, 3.63) is 78.4 Å². The lowest BCUT2D eigenvalue weighted by Gasteiger charge is -2.08. The topological polar surface area (TPSA) is 78.9 Å². The lowest BCUT2D eigenvalue weighted by atomic mass is 10.2. The first kappa shape index (κ1) is 15.5. The van der Waals surface area contributed by atoms with Gasteiger partial charge >= 0.3 is 6.03 Å². The molecule has 0 aliphatic heterocycles. The van der Waals surface area contributed by atoms with E-state index in [0.29, 0.717) is 23.9 Å². The predicted molar refractivity (Wildman–Crippen MR) is 94.9 cm³/mol. The van der Waals surface area contributed by atoms with Crippen molar-refractivity contribution in [2.45, 2.75) is 6.54 Å². The predicted octanol–water partition coefficient (Wildman–Crippen LogP) is 3.73. The maximum atomic E-state index is 11.9. The summed E-state index contributed by atoms with van der Waals surface area (Å²) in [6.07, 6.45) is 0. The number of rotatable bonds is 5. The number of nitrogens with one attached hydrogen (secondary N) is 3. The van der Waals surface area contributed by atoms with Crippen molar-refractivity contribution in [3.63, 3.8) is 0 Å². The van der Waals surface area contributed by atoms with E-state index in [9.17, 15) is 4.79 Å². The molecule has 120 valence electrons. The maximum absolute atomic E-state index is 11.9. The standard InChI is InChI=1S/C18H17N5O/c24-18(20-15-9-5-2-6-10-15)21-17-12-11-16(22-23-17)19-13-14-7-3-1-4-8-14/h1-12H,13H2,(H,19,22)(H2,20,21,23,24). The number of urea groups is 1. The molecule has 0 fully saturated rings. The second-order valence-corrected chi connectivity index (χ2v) is 5.09. The number of benzene rings is 2. The summed E-state index contributed by atoms with van der Waals surface area (Å²) < 4.78 is 0. The SMILES string of the molecule is O=C(Nc1ccccc1)Nc1ccc(NCc2ccccc2)nn1. The minimum Gasteiger partial charge on any atom is -0.365 e. The van der Waals surface area contributed by atoms with Crippen LogP contribution in [0.1, 0.15) is 5.56 Å². The number of amides is 2. The lowest BCUT2D eigenvalue weighted by Crippen LogP contribution is -2.20. The van der Waals surface area contributed by atoms with Crippen LogP contribution in [0.5, 0.6) is 0 Å². The molecule has 0 saturated carbocycles. The van der Waals surface area contributed by atoms with Gasteiger partial charge in [-0.25, -0.2) is 4.79 Å². The van der Waals surface area contributed by atoms with Crippen LogP contribution in [0.15, 0.2) is 72.8 Å². The number of nitrogens with zero attached hydrogens (tertiary/aromatic N) is 2. The highest BCUT2D eigenvalue weighted by Gasteiger charge is 2.04.